The normalized spacial score (nSPS) is 13.6. The van der Waals surface area contributed by atoms with E-state index in [-0.39, 0.29) is 0 Å². The molecule has 2 N–H and O–H groups in total. The average molecular weight is 401 g/mol. The number of benzene rings is 2. The van der Waals surface area contributed by atoms with Crippen molar-refractivity contribution < 1.29 is 9.59 Å². The lowest BCUT2D eigenvalue weighted by Gasteiger charge is -2.34. The second-order valence-electron chi connectivity index (χ2n) is 6.99. The quantitative estimate of drug-likeness (QED) is 0.657. The molecule has 0 saturated carbocycles. The van der Waals surface area contributed by atoms with Gasteiger partial charge in [0.2, 0.25) is 0 Å². The van der Waals surface area contributed by atoms with E-state index in [2.05, 4.69) is 20.5 Å². The predicted octanol–water partition coefficient (Wildman–Crippen LogP) is 3.11. The van der Waals surface area contributed by atoms with Crippen LogP contribution in [-0.2, 0) is 9.59 Å². The molecule has 1 saturated heterocycles. The van der Waals surface area contributed by atoms with E-state index in [1.165, 1.54) is 0 Å². The summed E-state index contributed by atoms with van der Waals surface area (Å²) in [5.74, 6) is -0.245. The molecule has 0 spiro atoms. The first-order valence-corrected chi connectivity index (χ1v) is 9.87. The molecule has 152 valence electrons. The summed E-state index contributed by atoms with van der Waals surface area (Å²) in [7, 11) is 0. The van der Waals surface area contributed by atoms with Gasteiger partial charge in [-0.05, 0) is 48.5 Å². The van der Waals surface area contributed by atoms with Crippen molar-refractivity contribution in [3.05, 3.63) is 79.0 Å². The first-order valence-electron chi connectivity index (χ1n) is 9.87. The van der Waals surface area contributed by atoms with Gasteiger partial charge < -0.3 is 20.4 Å². The van der Waals surface area contributed by atoms with Crippen LogP contribution in [-0.4, -0.2) is 47.9 Å². The van der Waals surface area contributed by atoms with Crippen molar-refractivity contribution in [3.8, 4) is 0 Å². The van der Waals surface area contributed by atoms with Crippen LogP contribution in [0.5, 0.6) is 0 Å². The molecule has 1 aliphatic rings. The van der Waals surface area contributed by atoms with Crippen LogP contribution in [0.15, 0.2) is 79.0 Å². The summed E-state index contributed by atoms with van der Waals surface area (Å²) in [6.07, 6.45) is 1.75. The number of nitrogens with zero attached hydrogens (tertiary/aromatic N) is 3. The summed E-state index contributed by atoms with van der Waals surface area (Å²) in [5, 5.41) is 5.97. The van der Waals surface area contributed by atoms with Crippen molar-refractivity contribution in [2.75, 3.05) is 41.7 Å². The number of anilines is 4. The van der Waals surface area contributed by atoms with Crippen LogP contribution in [0.4, 0.5) is 22.9 Å². The highest BCUT2D eigenvalue weighted by Gasteiger charge is 2.26. The van der Waals surface area contributed by atoms with Crippen LogP contribution in [0.2, 0.25) is 0 Å². The maximum atomic E-state index is 12.5. The van der Waals surface area contributed by atoms with Gasteiger partial charge in [0.1, 0.15) is 5.82 Å². The molecule has 0 unspecified atom stereocenters. The number of rotatable bonds is 4. The Labute approximate surface area is 175 Å². The largest absolute Gasteiger partial charge is 0.356 e. The minimum absolute atomic E-state index is 0.489. The van der Waals surface area contributed by atoms with Gasteiger partial charge in [0, 0.05) is 49.4 Å². The zero-order chi connectivity index (χ0) is 20.8. The number of nitrogens with one attached hydrogen (secondary N) is 2. The van der Waals surface area contributed by atoms with Crippen molar-refractivity contribution in [1.82, 2.24) is 9.88 Å². The molecule has 2 aromatic carbocycles. The molecule has 7 nitrogen and oxygen atoms in total. The number of hydrogen-bond donors (Lipinski definition) is 2. The second kappa shape index (κ2) is 9.09. The Morgan fingerprint density at radius 2 is 1.37 bits per heavy atom. The topological polar surface area (TPSA) is 77.6 Å². The minimum atomic E-state index is -0.620. The lowest BCUT2D eigenvalue weighted by Crippen LogP contribution is -2.51. The van der Waals surface area contributed by atoms with Gasteiger partial charge in [-0.1, -0.05) is 24.3 Å². The fourth-order valence-corrected chi connectivity index (χ4v) is 3.33. The molecule has 2 amide bonds. The van der Waals surface area contributed by atoms with E-state index in [0.717, 1.165) is 17.2 Å². The Morgan fingerprint density at radius 1 is 0.733 bits per heavy atom. The summed E-state index contributed by atoms with van der Waals surface area (Å²) >= 11 is 0. The summed E-state index contributed by atoms with van der Waals surface area (Å²) < 4.78 is 0. The smallest absolute Gasteiger partial charge is 0.313 e. The number of hydrogen-bond acceptors (Lipinski definition) is 5. The van der Waals surface area contributed by atoms with E-state index in [1.54, 1.807) is 23.2 Å². The summed E-state index contributed by atoms with van der Waals surface area (Å²) in [4.78, 5) is 32.9. The molecule has 4 rings (SSSR count). The van der Waals surface area contributed by atoms with Gasteiger partial charge >= 0.3 is 11.8 Å². The maximum absolute atomic E-state index is 12.5. The van der Waals surface area contributed by atoms with E-state index in [1.807, 2.05) is 60.7 Å². The van der Waals surface area contributed by atoms with E-state index in [4.69, 9.17) is 0 Å². The molecule has 1 aromatic heterocycles. The van der Waals surface area contributed by atoms with E-state index in [0.29, 0.717) is 31.9 Å². The second-order valence-corrected chi connectivity index (χ2v) is 6.99. The lowest BCUT2D eigenvalue weighted by molar-refractivity contribution is -0.143. The van der Waals surface area contributed by atoms with E-state index in [9.17, 15) is 9.59 Å². The molecule has 7 heteroatoms. The number of amides is 2. The maximum Gasteiger partial charge on any atom is 0.313 e. The molecule has 2 heterocycles. The highest BCUT2D eigenvalue weighted by Crippen LogP contribution is 2.19. The first-order chi connectivity index (χ1) is 14.7. The molecule has 0 aliphatic carbocycles. The molecular weight excluding hydrogens is 378 g/mol. The van der Waals surface area contributed by atoms with Crippen molar-refractivity contribution in [2.24, 2.45) is 0 Å². The van der Waals surface area contributed by atoms with Crippen molar-refractivity contribution in [2.45, 2.75) is 0 Å². The van der Waals surface area contributed by atoms with Crippen LogP contribution >= 0.6 is 0 Å². The third-order valence-corrected chi connectivity index (χ3v) is 4.94. The molecular formula is C23H23N5O2. The Hall–Kier alpha value is -3.87. The Kier molecular flexibility index (Phi) is 5.89. The molecule has 0 atom stereocenters. The fraction of sp³-hybridized carbons (Fsp3) is 0.174. The van der Waals surface area contributed by atoms with Gasteiger partial charge in [0.05, 0.1) is 0 Å². The number of para-hydroxylation sites is 1. The molecule has 30 heavy (non-hydrogen) atoms. The third kappa shape index (κ3) is 4.75. The fourth-order valence-electron chi connectivity index (χ4n) is 3.33. The summed E-state index contributed by atoms with van der Waals surface area (Å²) in [5.41, 5.74) is 2.46. The van der Waals surface area contributed by atoms with Crippen LogP contribution < -0.4 is 15.5 Å². The van der Waals surface area contributed by atoms with Crippen LogP contribution in [0.3, 0.4) is 0 Å². The monoisotopic (exact) mass is 401 g/mol. The first kappa shape index (κ1) is 19.4. The molecule has 1 aliphatic heterocycles. The Bertz CT molecular complexity index is 985. The van der Waals surface area contributed by atoms with Gasteiger partial charge in [-0.3, -0.25) is 9.59 Å². The van der Waals surface area contributed by atoms with Crippen molar-refractivity contribution in [1.29, 1.82) is 0 Å². The summed E-state index contributed by atoms with van der Waals surface area (Å²) in [6.45, 7) is 2.28. The van der Waals surface area contributed by atoms with Crippen LogP contribution in [0, 0.1) is 0 Å². The van der Waals surface area contributed by atoms with Crippen molar-refractivity contribution in [3.63, 3.8) is 0 Å². The van der Waals surface area contributed by atoms with Crippen LogP contribution in [0.25, 0.3) is 0 Å². The highest BCUT2D eigenvalue weighted by atomic mass is 16.2. The average Bonchev–Trinajstić information content (AvgIpc) is 2.81. The Morgan fingerprint density at radius 3 is 2.03 bits per heavy atom. The van der Waals surface area contributed by atoms with Gasteiger partial charge in [0.25, 0.3) is 0 Å². The zero-order valence-corrected chi connectivity index (χ0v) is 16.5. The van der Waals surface area contributed by atoms with Gasteiger partial charge in [-0.25, -0.2) is 4.98 Å². The summed E-state index contributed by atoms with van der Waals surface area (Å²) in [6, 6.07) is 22.8. The van der Waals surface area contributed by atoms with Gasteiger partial charge in [-0.15, -0.1) is 0 Å². The highest BCUT2D eigenvalue weighted by molar-refractivity contribution is 6.39. The Balaban J connectivity index is 1.29. The number of carbonyl (C=O) groups is 2. The molecule has 0 radical (unpaired) electrons. The lowest BCUT2D eigenvalue weighted by atomic mass is 10.2. The third-order valence-electron chi connectivity index (χ3n) is 4.94. The standard InChI is InChI=1S/C23H23N5O2/c29-22(23(30)28-16-14-27(15-17-28)21-8-4-5-13-24-21)26-20-11-9-19(10-12-20)25-18-6-2-1-3-7-18/h1-13,25H,14-17H2,(H,26,29). The number of pyridine rings is 1. The molecule has 0 bridgehead atoms. The van der Waals surface area contributed by atoms with Gasteiger partial charge in [-0.2, -0.15) is 0 Å². The number of piperazine rings is 1. The van der Waals surface area contributed by atoms with Crippen LogP contribution in [0.1, 0.15) is 0 Å². The number of carbonyl (C=O) groups excluding carboxylic acids is 2. The molecule has 3 aromatic rings. The number of aromatic nitrogens is 1. The minimum Gasteiger partial charge on any atom is -0.356 e. The predicted molar refractivity (Wildman–Crippen MR) is 118 cm³/mol. The van der Waals surface area contributed by atoms with Crippen molar-refractivity contribution >= 4 is 34.7 Å². The molecule has 1 fully saturated rings. The SMILES string of the molecule is O=C(Nc1ccc(Nc2ccccc2)cc1)C(=O)N1CCN(c2ccccn2)CC1. The van der Waals surface area contributed by atoms with E-state index >= 15 is 0 Å². The van der Waals surface area contributed by atoms with Gasteiger partial charge in [0.15, 0.2) is 0 Å². The van der Waals surface area contributed by atoms with E-state index < -0.39 is 11.8 Å². The zero-order valence-electron chi connectivity index (χ0n) is 16.5.